The molecule has 0 spiro atoms. The normalized spacial score (nSPS) is 14.4. The molecule has 0 fully saturated rings. The summed E-state index contributed by atoms with van der Waals surface area (Å²) in [7, 11) is -18.4. The highest BCUT2D eigenvalue weighted by Crippen LogP contribution is 2.41. The maximum Gasteiger partial charge on any atom is 0.265 e. The Morgan fingerprint density at radius 1 is 0.441 bits per heavy atom. The van der Waals surface area contributed by atoms with Gasteiger partial charge in [-0.1, -0.05) is 239 Å². The predicted octanol–water partition coefficient (Wildman–Crippen LogP) is 12.2. The maximum absolute atomic E-state index is 10.5. The summed E-state index contributed by atoms with van der Waals surface area (Å²) in [4.78, 5) is 62.6. The van der Waals surface area contributed by atoms with Crippen molar-refractivity contribution in [3.05, 3.63) is 0 Å². The topological polar surface area (TPSA) is 411 Å². The first-order valence-corrected chi connectivity index (χ1v) is 39.2. The predicted molar refractivity (Wildman–Crippen MR) is 362 cm³/mol. The van der Waals surface area contributed by atoms with Gasteiger partial charge in [-0.25, -0.2) is 21.7 Å². The van der Waals surface area contributed by atoms with E-state index in [0.717, 1.165) is 62.7 Å². The second-order valence-corrected chi connectivity index (χ2v) is 30.8. The third kappa shape index (κ3) is 78.0. The molecule has 0 aliphatic rings. The summed E-state index contributed by atoms with van der Waals surface area (Å²) in [5.74, 6) is 3.22. The van der Waals surface area contributed by atoms with Gasteiger partial charge in [0.1, 0.15) is 0 Å². The van der Waals surface area contributed by atoms with Crippen LogP contribution in [0.2, 0.25) is 0 Å². The van der Waals surface area contributed by atoms with Crippen LogP contribution in [0.4, 0.5) is 0 Å². The van der Waals surface area contributed by atoms with E-state index in [-0.39, 0.29) is 80.4 Å². The molecule has 0 radical (unpaired) electrons. The van der Waals surface area contributed by atoms with Crippen LogP contribution in [0.15, 0.2) is 0 Å². The number of hydrogen-bond acceptors (Lipinski definition) is 23. The molecule has 29 heteroatoms. The van der Waals surface area contributed by atoms with Gasteiger partial charge in [0.2, 0.25) is 20.8 Å². The van der Waals surface area contributed by atoms with Crippen molar-refractivity contribution in [3.63, 3.8) is 0 Å². The zero-order chi connectivity index (χ0) is 76.6. The average molecular weight is 1450 g/mol. The lowest BCUT2D eigenvalue weighted by atomic mass is 9.70. The van der Waals surface area contributed by atoms with Crippen molar-refractivity contribution in [2.45, 2.75) is 284 Å². The molecule has 6 unspecified atom stereocenters. The van der Waals surface area contributed by atoms with Gasteiger partial charge < -0.3 is 62.8 Å². The summed E-state index contributed by atoms with van der Waals surface area (Å²) in [5, 5.41) is 33.7. The summed E-state index contributed by atoms with van der Waals surface area (Å²) in [5.41, 5.74) is -0.969. The molecule has 24 nitrogen and oxygen atoms in total. The summed E-state index contributed by atoms with van der Waals surface area (Å²) < 4.78 is 107. The number of aliphatic carboxylic acids is 2. The molecule has 0 aromatic rings. The highest BCUT2D eigenvalue weighted by atomic mass is 32.3. The molecule has 0 saturated heterocycles. The van der Waals surface area contributed by atoms with Gasteiger partial charge in [0, 0.05) is 17.4 Å². The molecular formula is C64H137O24P2S3-7. The van der Waals surface area contributed by atoms with Crippen molar-refractivity contribution in [2.75, 3.05) is 33.0 Å². The van der Waals surface area contributed by atoms with Crippen LogP contribution in [-0.4, -0.2) is 84.9 Å². The molecule has 0 bridgehead atoms. The molecule has 2 N–H and O–H groups in total. The van der Waals surface area contributed by atoms with E-state index in [4.69, 9.17) is 14.0 Å². The number of carbonyl (C=O) groups excluding carboxylic acids is 2. The molecule has 0 rings (SSSR count). The van der Waals surface area contributed by atoms with Crippen LogP contribution in [0.5, 0.6) is 0 Å². The van der Waals surface area contributed by atoms with E-state index in [1.54, 1.807) is 20.8 Å². The smallest absolute Gasteiger partial charge is 0.265 e. The zero-order valence-corrected chi connectivity index (χ0v) is 67.4. The van der Waals surface area contributed by atoms with Gasteiger partial charge >= 0.3 is 0 Å². The highest BCUT2D eigenvalue weighted by Gasteiger charge is 2.35. The molecule has 0 saturated carbocycles. The number of rotatable bonds is 36. The van der Waals surface area contributed by atoms with E-state index >= 15 is 0 Å². The first kappa shape index (κ1) is 113. The Morgan fingerprint density at radius 2 is 0.731 bits per heavy atom. The van der Waals surface area contributed by atoms with Gasteiger partial charge in [-0.05, 0) is 127 Å². The Kier molecular flexibility index (Phi) is 78.1. The molecule has 0 heterocycles. The number of carboxylic acid groups (broad SMARTS) is 2. The van der Waals surface area contributed by atoms with Crippen LogP contribution in [0.1, 0.15) is 284 Å². The molecule has 0 aromatic heterocycles. The van der Waals surface area contributed by atoms with Crippen LogP contribution in [0, 0.1) is 87.3 Å². The van der Waals surface area contributed by atoms with E-state index in [1.165, 1.54) is 19.3 Å². The molecule has 0 amide bonds. The van der Waals surface area contributed by atoms with E-state index in [0.29, 0.717) is 36.0 Å². The van der Waals surface area contributed by atoms with Crippen molar-refractivity contribution in [1.82, 2.24) is 0 Å². The summed E-state index contributed by atoms with van der Waals surface area (Å²) in [6, 6.07) is 0. The number of carboxylic acids is 2. The average Bonchev–Trinajstić information content (AvgIpc) is 1.24. The SMILES string of the molecule is CCC(C)C.CCC(C)C.CCC(C)C.CCC(CC(=O)[O-])C(C)C.CCC(CC)(CC(=O)[O-])C(C)C.CCC(CC)(COP(=O)([O-])O)C(C)C.CCC(COO[O-])(COS(=O)(=O)[O-])C(C)C.CCC(COP(=O)([O-])O)C(C)C.CCC(COS(=O)(=O)[O-])C(C)C.O=S. The lowest BCUT2D eigenvalue weighted by molar-refractivity contribution is -0.801. The van der Waals surface area contributed by atoms with Crippen LogP contribution in [0.25, 0.3) is 0 Å². The van der Waals surface area contributed by atoms with E-state index < -0.39 is 53.8 Å². The molecule has 0 aromatic carbocycles. The third-order valence-corrected chi connectivity index (χ3v) is 19.0. The molecule has 6 atom stereocenters. The molecule has 572 valence electrons. The monoisotopic (exact) mass is 1450 g/mol. The summed E-state index contributed by atoms with van der Waals surface area (Å²) >= 11 is 2.83. The van der Waals surface area contributed by atoms with Gasteiger partial charge in [-0.3, -0.25) is 22.5 Å². The Hall–Kier alpha value is -1.20. The van der Waals surface area contributed by atoms with Crippen molar-refractivity contribution in [1.29, 1.82) is 0 Å². The molecule has 0 aliphatic heterocycles. The van der Waals surface area contributed by atoms with Crippen LogP contribution < -0.4 is 25.3 Å². The van der Waals surface area contributed by atoms with Crippen molar-refractivity contribution in [3.8, 4) is 0 Å². The summed E-state index contributed by atoms with van der Waals surface area (Å²) in [6.07, 6.45) is 10.9. The lowest BCUT2D eigenvalue weighted by Gasteiger charge is -2.36. The van der Waals surface area contributed by atoms with Gasteiger partial charge in [-0.15, -0.1) is 0 Å². The Labute approximate surface area is 573 Å². The fraction of sp³-hybridized carbons (Fsp3) is 0.969. The number of carbonyl (C=O) groups is 2. The van der Waals surface area contributed by atoms with E-state index in [9.17, 15) is 69.9 Å². The zero-order valence-electron chi connectivity index (χ0n) is 63.2. The Bertz CT molecular complexity index is 1990. The van der Waals surface area contributed by atoms with Crippen molar-refractivity contribution >= 4 is 60.9 Å². The van der Waals surface area contributed by atoms with Crippen LogP contribution >= 0.6 is 15.6 Å². The van der Waals surface area contributed by atoms with Crippen LogP contribution in [0.3, 0.4) is 0 Å². The Morgan fingerprint density at radius 3 is 0.903 bits per heavy atom. The fourth-order valence-electron chi connectivity index (χ4n) is 7.76. The molecule has 93 heavy (non-hydrogen) atoms. The minimum absolute atomic E-state index is 0. The molecular weight excluding hydrogens is 1310 g/mol. The number of hydrogen-bond donors (Lipinski definition) is 2. The largest absolute Gasteiger partial charge is 0.756 e. The second kappa shape index (κ2) is 64.2. The lowest BCUT2D eigenvalue weighted by Crippen LogP contribution is -2.38. The third-order valence-electron chi connectivity index (χ3n) is 17.2. The van der Waals surface area contributed by atoms with Crippen molar-refractivity contribution < 1.29 is 111 Å². The van der Waals surface area contributed by atoms with Crippen LogP contribution in [-0.2, 0) is 79.4 Å². The maximum atomic E-state index is 10.5. The van der Waals surface area contributed by atoms with Crippen molar-refractivity contribution in [2.24, 2.45) is 87.3 Å². The summed E-state index contributed by atoms with van der Waals surface area (Å²) in [6.45, 7) is 59.2. The standard InChI is InChI=1S/C10H20O2.C9H21O4P.C8H18O7S.C8H16O2.C7H17O4P.C7H16O4S.3C5H12.OS/c1-5-10(6-2,8(3)4)7-9(11)12;1-5-9(6-2,8(3)4)7-13-14(10,11)12;1-4-8(7(2)3,5-13-15-9)6-14-16(10,11)12;1-4-7(6(2)3)5-8(9)10;2*1-4-7(6(2)3)5-11-12(8,9)10;3*1-4-5(2)3;1-2/h8H,5-7H2,1-4H3,(H,11,12);8H,5-7H2,1-4H3,(H2,10,11,12);7,9H,4-6H2,1-3H3,(H,10,11,12);6-7H,4-5H2,1-3H3,(H,9,10);6-7H,4-5H2,1-3H3,(H2,8,9,10);6-7H,4-5H2,1-3H3,(H,8,9,10);3*5H,4H2,1-3H3;/p-7. The second-order valence-electron chi connectivity index (χ2n) is 26.3. The Balaban J connectivity index is -0.000000106. The van der Waals surface area contributed by atoms with Gasteiger partial charge in [0.05, 0.1) is 33.0 Å². The first-order valence-electron chi connectivity index (χ1n) is 33.2. The minimum atomic E-state index is -4.75. The number of phosphoric ester groups is 2. The highest BCUT2D eigenvalue weighted by molar-refractivity contribution is 7.81. The van der Waals surface area contributed by atoms with E-state index in [2.05, 4.69) is 116 Å². The molecule has 0 aliphatic carbocycles. The quantitative estimate of drug-likeness (QED) is 0.0193. The fourth-order valence-corrected chi connectivity index (χ4v) is 9.28. The van der Waals surface area contributed by atoms with Gasteiger partial charge in [-0.2, -0.15) is 4.21 Å². The first-order chi connectivity index (χ1) is 42.1. The van der Waals surface area contributed by atoms with Gasteiger partial charge in [0.25, 0.3) is 15.6 Å². The van der Waals surface area contributed by atoms with E-state index in [1.807, 2.05) is 104 Å². The minimum Gasteiger partial charge on any atom is -0.756 e. The van der Waals surface area contributed by atoms with Gasteiger partial charge in [0.15, 0.2) is 12.5 Å². The number of phosphoric acid groups is 2.